The Morgan fingerprint density at radius 1 is 1.32 bits per heavy atom. The highest BCUT2D eigenvalue weighted by atomic mass is 19.4. The molecule has 0 aromatic heterocycles. The Bertz CT molecular complexity index is 520. The predicted octanol–water partition coefficient (Wildman–Crippen LogP) is 3.15. The molecule has 0 aliphatic rings. The lowest BCUT2D eigenvalue weighted by Gasteiger charge is -2.22. The number of aliphatic carboxylic acids is 1. The number of nitrogens with zero attached hydrogens (tertiary/aromatic N) is 1. The smallest absolute Gasteiger partial charge is 0.422 e. The second-order valence-corrected chi connectivity index (χ2v) is 5.39. The number of hydrogen-bond acceptors (Lipinski definition) is 3. The van der Waals surface area contributed by atoms with Crippen molar-refractivity contribution in [2.45, 2.75) is 39.5 Å². The number of carbonyl (C=O) groups is 1. The molecule has 1 aromatic rings. The van der Waals surface area contributed by atoms with Gasteiger partial charge in [-0.2, -0.15) is 13.2 Å². The molecule has 1 N–H and O–H groups in total. The standard InChI is InChI=1S/C15H20F3NO3/c1-9-5-12(7-19(4)11(3)14(20)21)6-10(2)13(9)22-8-15(16,17)18/h5-6,11H,7-8H2,1-4H3,(H,20,21)/t11-/m0/s1. The molecule has 4 nitrogen and oxygen atoms in total. The van der Waals surface area contributed by atoms with Crippen molar-refractivity contribution in [2.24, 2.45) is 0 Å². The Hall–Kier alpha value is -1.76. The van der Waals surface area contributed by atoms with Gasteiger partial charge in [0.1, 0.15) is 11.8 Å². The van der Waals surface area contributed by atoms with Gasteiger partial charge >= 0.3 is 12.1 Å². The molecule has 0 fully saturated rings. The molecule has 0 saturated heterocycles. The van der Waals surface area contributed by atoms with E-state index in [1.54, 1.807) is 44.9 Å². The van der Waals surface area contributed by atoms with Crippen molar-refractivity contribution in [3.63, 3.8) is 0 Å². The second-order valence-electron chi connectivity index (χ2n) is 5.39. The molecule has 0 spiro atoms. The van der Waals surface area contributed by atoms with Gasteiger partial charge in [0.05, 0.1) is 0 Å². The van der Waals surface area contributed by atoms with E-state index >= 15 is 0 Å². The summed E-state index contributed by atoms with van der Waals surface area (Å²) in [7, 11) is 1.68. The number of rotatable bonds is 6. The maximum Gasteiger partial charge on any atom is 0.422 e. The monoisotopic (exact) mass is 319 g/mol. The average molecular weight is 319 g/mol. The molecule has 0 radical (unpaired) electrons. The highest BCUT2D eigenvalue weighted by Gasteiger charge is 2.29. The number of aryl methyl sites for hydroxylation is 2. The number of carboxylic acid groups (broad SMARTS) is 1. The quantitative estimate of drug-likeness (QED) is 0.875. The molecule has 0 saturated carbocycles. The Morgan fingerprint density at radius 3 is 2.23 bits per heavy atom. The number of alkyl halides is 3. The Kier molecular flexibility index (Phi) is 5.82. The normalized spacial score (nSPS) is 13.3. The molecule has 1 aromatic carbocycles. The van der Waals surface area contributed by atoms with E-state index in [9.17, 15) is 18.0 Å². The van der Waals surface area contributed by atoms with Gasteiger partial charge in [-0.15, -0.1) is 0 Å². The van der Waals surface area contributed by atoms with Gasteiger partial charge in [0.15, 0.2) is 6.61 Å². The Morgan fingerprint density at radius 2 is 1.82 bits per heavy atom. The topological polar surface area (TPSA) is 49.8 Å². The van der Waals surface area contributed by atoms with Gasteiger partial charge in [0.2, 0.25) is 0 Å². The van der Waals surface area contributed by atoms with Crippen molar-refractivity contribution in [3.8, 4) is 5.75 Å². The van der Waals surface area contributed by atoms with Crippen LogP contribution < -0.4 is 4.74 Å². The van der Waals surface area contributed by atoms with Crippen molar-refractivity contribution in [2.75, 3.05) is 13.7 Å². The van der Waals surface area contributed by atoms with Crippen LogP contribution in [0.15, 0.2) is 12.1 Å². The number of ether oxygens (including phenoxy) is 1. The number of likely N-dealkylation sites (N-methyl/N-ethyl adjacent to an activating group) is 1. The number of carboxylic acids is 1. The molecule has 0 amide bonds. The van der Waals surface area contributed by atoms with Crippen LogP contribution >= 0.6 is 0 Å². The van der Waals surface area contributed by atoms with Crippen LogP contribution in [-0.2, 0) is 11.3 Å². The number of halogens is 3. The summed E-state index contributed by atoms with van der Waals surface area (Å²) in [5.41, 5.74) is 2.01. The summed E-state index contributed by atoms with van der Waals surface area (Å²) in [5, 5.41) is 8.96. The fourth-order valence-electron chi connectivity index (χ4n) is 2.13. The number of hydrogen-bond donors (Lipinski definition) is 1. The molecule has 7 heteroatoms. The lowest BCUT2D eigenvalue weighted by molar-refractivity contribution is -0.153. The van der Waals surface area contributed by atoms with Gasteiger partial charge in [0.25, 0.3) is 0 Å². The summed E-state index contributed by atoms with van der Waals surface area (Å²) in [6.45, 7) is 3.97. The summed E-state index contributed by atoms with van der Waals surface area (Å²) in [6.07, 6.45) is -4.38. The number of benzene rings is 1. The van der Waals surface area contributed by atoms with Crippen molar-refractivity contribution in [1.29, 1.82) is 0 Å². The van der Waals surface area contributed by atoms with E-state index in [-0.39, 0.29) is 5.75 Å². The molecule has 0 bridgehead atoms. The molecule has 0 aliphatic heterocycles. The van der Waals surface area contributed by atoms with Gasteiger partial charge in [-0.1, -0.05) is 12.1 Å². The zero-order chi connectivity index (χ0) is 17.1. The van der Waals surface area contributed by atoms with E-state index < -0.39 is 24.8 Å². The van der Waals surface area contributed by atoms with Crippen LogP contribution in [0.5, 0.6) is 5.75 Å². The summed E-state index contributed by atoms with van der Waals surface area (Å²) in [6, 6.07) is 2.77. The SMILES string of the molecule is Cc1cc(CN(C)[C@@H](C)C(=O)O)cc(C)c1OCC(F)(F)F. The predicted molar refractivity (Wildman–Crippen MR) is 76.0 cm³/mol. The van der Waals surface area contributed by atoms with Crippen molar-refractivity contribution < 1.29 is 27.8 Å². The second kappa shape index (κ2) is 7.00. The molecule has 0 aliphatic carbocycles. The minimum absolute atomic E-state index is 0.218. The minimum Gasteiger partial charge on any atom is -0.484 e. The minimum atomic E-state index is -4.38. The van der Waals surface area contributed by atoms with Crippen LogP contribution in [0.1, 0.15) is 23.6 Å². The summed E-state index contributed by atoms with van der Waals surface area (Å²) in [4.78, 5) is 12.6. The molecule has 22 heavy (non-hydrogen) atoms. The van der Waals surface area contributed by atoms with Crippen LogP contribution in [0.25, 0.3) is 0 Å². The molecule has 124 valence electrons. The van der Waals surface area contributed by atoms with E-state index in [1.807, 2.05) is 0 Å². The average Bonchev–Trinajstić information content (AvgIpc) is 2.35. The van der Waals surface area contributed by atoms with E-state index in [0.29, 0.717) is 17.7 Å². The van der Waals surface area contributed by atoms with Crippen LogP contribution in [0, 0.1) is 13.8 Å². The van der Waals surface area contributed by atoms with E-state index in [4.69, 9.17) is 9.84 Å². The third kappa shape index (κ3) is 5.22. The maximum absolute atomic E-state index is 12.2. The van der Waals surface area contributed by atoms with Gasteiger partial charge < -0.3 is 9.84 Å². The Labute approximate surface area is 127 Å². The van der Waals surface area contributed by atoms with Gasteiger partial charge in [-0.3, -0.25) is 9.69 Å². The van der Waals surface area contributed by atoms with Crippen LogP contribution in [0.4, 0.5) is 13.2 Å². The molecular weight excluding hydrogens is 299 g/mol. The zero-order valence-corrected chi connectivity index (χ0v) is 13.0. The van der Waals surface area contributed by atoms with Crippen molar-refractivity contribution in [1.82, 2.24) is 4.90 Å². The highest BCUT2D eigenvalue weighted by Crippen LogP contribution is 2.27. The first kappa shape index (κ1) is 18.3. The Balaban J connectivity index is 2.87. The fraction of sp³-hybridized carbons (Fsp3) is 0.533. The third-order valence-electron chi connectivity index (χ3n) is 3.35. The molecule has 1 rings (SSSR count). The van der Waals surface area contributed by atoms with Crippen LogP contribution in [-0.4, -0.2) is 41.8 Å². The molecule has 0 unspecified atom stereocenters. The van der Waals surface area contributed by atoms with Crippen molar-refractivity contribution >= 4 is 5.97 Å². The molecule has 0 heterocycles. The molecular formula is C15H20F3NO3. The van der Waals surface area contributed by atoms with Crippen LogP contribution in [0.2, 0.25) is 0 Å². The van der Waals surface area contributed by atoms with Gasteiger partial charge in [-0.25, -0.2) is 0 Å². The van der Waals surface area contributed by atoms with Crippen LogP contribution in [0.3, 0.4) is 0 Å². The summed E-state index contributed by atoms with van der Waals surface area (Å²) < 4.78 is 41.5. The zero-order valence-electron chi connectivity index (χ0n) is 13.0. The lowest BCUT2D eigenvalue weighted by Crippen LogP contribution is -2.35. The summed E-state index contributed by atoms with van der Waals surface area (Å²) in [5.74, 6) is -0.712. The van der Waals surface area contributed by atoms with E-state index in [2.05, 4.69) is 0 Å². The fourth-order valence-corrected chi connectivity index (χ4v) is 2.13. The van der Waals surface area contributed by atoms with Crippen molar-refractivity contribution in [3.05, 3.63) is 28.8 Å². The largest absolute Gasteiger partial charge is 0.484 e. The highest BCUT2D eigenvalue weighted by molar-refractivity contribution is 5.72. The first-order valence-electron chi connectivity index (χ1n) is 6.74. The van der Waals surface area contributed by atoms with Gasteiger partial charge in [0, 0.05) is 6.54 Å². The van der Waals surface area contributed by atoms with Gasteiger partial charge in [-0.05, 0) is 44.5 Å². The summed E-state index contributed by atoms with van der Waals surface area (Å²) >= 11 is 0. The van der Waals surface area contributed by atoms with E-state index in [0.717, 1.165) is 5.56 Å². The maximum atomic E-state index is 12.2. The third-order valence-corrected chi connectivity index (χ3v) is 3.35. The molecule has 1 atom stereocenters. The lowest BCUT2D eigenvalue weighted by atomic mass is 10.0. The van der Waals surface area contributed by atoms with E-state index in [1.165, 1.54) is 0 Å². The first-order chi connectivity index (χ1) is 10.0. The first-order valence-corrected chi connectivity index (χ1v) is 6.74.